The van der Waals surface area contributed by atoms with E-state index < -0.39 is 14.7 Å². The van der Waals surface area contributed by atoms with Gasteiger partial charge in [0.15, 0.2) is 5.58 Å². The Morgan fingerprint density at radius 1 is 0.225 bits per heavy atom. The van der Waals surface area contributed by atoms with Gasteiger partial charge in [-0.15, -0.1) is 0 Å². The monoisotopic (exact) mass is 1060 g/mol. The van der Waals surface area contributed by atoms with E-state index in [1.807, 2.05) is 12.1 Å². The van der Waals surface area contributed by atoms with Crippen molar-refractivity contribution in [1.82, 2.24) is 18.3 Å². The maximum atomic E-state index is 7.57. The molecule has 0 saturated heterocycles. The van der Waals surface area contributed by atoms with E-state index in [0.717, 1.165) is 144 Å². The standard InChI is InChI=1S/C70H38N4O4P2/c1-4-17-39(18-5-1)72-50-26-14-25-49-65(50)79-66-51(71(49)42-33-34-56-45(35-42)43-23-10-12-29-54(43)75-56)27-15-31-57(66)76-59-38-47-46(61(72)69(59)79)37-60-70-62(47)74(41-21-8-3-9-22-41)53-36-48-44-24-11-13-30-55(44)78-64(48)63-68(53)80(70)67-52(28-16-32-58(67)77-60)73(63)40-19-6-2-7-20-40/h1-38H. The van der Waals surface area contributed by atoms with Crippen molar-refractivity contribution in [3.05, 3.63) is 231 Å². The highest BCUT2D eigenvalue weighted by Crippen LogP contribution is 2.61. The maximum absolute atomic E-state index is 7.57. The minimum atomic E-state index is -1.25. The second kappa shape index (κ2) is 14.9. The summed E-state index contributed by atoms with van der Waals surface area (Å²) in [7, 11) is -2.42. The molecule has 8 heterocycles. The van der Waals surface area contributed by atoms with Crippen LogP contribution < -0.4 is 0 Å². The normalized spacial score (nSPS) is 13.2. The van der Waals surface area contributed by atoms with Crippen LogP contribution in [0.1, 0.15) is 0 Å². The lowest BCUT2D eigenvalue weighted by atomic mass is 10.0. The molecule has 10 heteroatoms. The van der Waals surface area contributed by atoms with Crippen LogP contribution in [0, 0.1) is 0 Å². The molecule has 0 fully saturated rings. The number of furan rings is 2. The average molecular weight is 1060 g/mol. The van der Waals surface area contributed by atoms with Crippen molar-refractivity contribution in [2.45, 2.75) is 0 Å². The third kappa shape index (κ3) is 5.15. The highest BCUT2D eigenvalue weighted by Gasteiger charge is 2.32. The van der Waals surface area contributed by atoms with Gasteiger partial charge in [0, 0.05) is 60.2 Å². The zero-order valence-corrected chi connectivity index (χ0v) is 44.0. The molecule has 8 aromatic heterocycles. The van der Waals surface area contributed by atoms with Gasteiger partial charge in [-0.05, 0) is 121 Å². The van der Waals surface area contributed by atoms with Crippen LogP contribution in [0.3, 0.4) is 0 Å². The van der Waals surface area contributed by atoms with Crippen LogP contribution >= 0.6 is 14.7 Å². The van der Waals surface area contributed by atoms with E-state index >= 15 is 0 Å². The largest absolute Gasteiger partial charge is 0.456 e. The van der Waals surface area contributed by atoms with E-state index in [9.17, 15) is 0 Å². The SMILES string of the molecule is c1ccc(-n2c3cccc4c3p3c5c(cccc5n4-c4ccc5oc6ccccc6c5c4)oc4cc5c(cc6oc7cccc8c7p7c6c5n(-c5ccccc5)c5cc6c9ccccc9oc6c(c57)n8-c5ccccc5)c2c43)cc1. The molecular weight excluding hydrogens is 1020 g/mol. The molecule has 2 atom stereocenters. The molecule has 0 amide bonds. The van der Waals surface area contributed by atoms with Gasteiger partial charge >= 0.3 is 0 Å². The van der Waals surface area contributed by atoms with Crippen LogP contribution in [0.5, 0.6) is 0 Å². The fourth-order valence-electron chi connectivity index (χ4n) is 14.1. The third-order valence-electron chi connectivity index (χ3n) is 17.1. The van der Waals surface area contributed by atoms with Crippen molar-refractivity contribution in [3.63, 3.8) is 0 Å². The van der Waals surface area contributed by atoms with E-state index in [1.54, 1.807) is 0 Å². The molecule has 2 unspecified atom stereocenters. The molecule has 80 heavy (non-hydrogen) atoms. The highest BCUT2D eigenvalue weighted by molar-refractivity contribution is 7.64. The summed E-state index contributed by atoms with van der Waals surface area (Å²) in [5.74, 6) is 0. The predicted molar refractivity (Wildman–Crippen MR) is 332 cm³/mol. The first-order valence-electron chi connectivity index (χ1n) is 27.0. The van der Waals surface area contributed by atoms with Crippen molar-refractivity contribution in [1.29, 1.82) is 0 Å². The molecule has 0 N–H and O–H groups in total. The summed E-state index contributed by atoms with van der Waals surface area (Å²) < 4.78 is 38.6. The Labute approximate surface area is 453 Å². The van der Waals surface area contributed by atoms with Crippen LogP contribution in [-0.4, -0.2) is 18.3 Å². The molecule has 0 radical (unpaired) electrons. The van der Waals surface area contributed by atoms with Crippen molar-refractivity contribution in [2.24, 2.45) is 0 Å². The molecular formula is C70H38N4O4P2. The minimum Gasteiger partial charge on any atom is -0.456 e. The fraction of sp³-hybridized carbons (Fsp3) is 0. The molecule has 20 aromatic rings. The maximum Gasteiger partial charge on any atom is 0.160 e. The smallest absolute Gasteiger partial charge is 0.160 e. The van der Waals surface area contributed by atoms with Gasteiger partial charge in [0.05, 0.1) is 64.2 Å². The second-order valence-corrected chi connectivity index (χ2v) is 25.2. The summed E-state index contributed by atoms with van der Waals surface area (Å²) in [4.78, 5) is 0. The van der Waals surface area contributed by atoms with E-state index in [1.165, 1.54) is 30.7 Å². The van der Waals surface area contributed by atoms with Gasteiger partial charge in [0.25, 0.3) is 0 Å². The van der Waals surface area contributed by atoms with Gasteiger partial charge in [0.2, 0.25) is 0 Å². The first-order valence-corrected chi connectivity index (χ1v) is 29.7. The summed E-state index contributed by atoms with van der Waals surface area (Å²) in [5.41, 5.74) is 20.2. The molecule has 20 rings (SSSR count). The van der Waals surface area contributed by atoms with Crippen LogP contribution in [-0.2, 0) is 0 Å². The molecule has 0 saturated carbocycles. The first kappa shape index (κ1) is 42.0. The number of fused-ring (bicyclic) bond motifs is 10. The Morgan fingerprint density at radius 3 is 1.27 bits per heavy atom. The van der Waals surface area contributed by atoms with E-state index in [-0.39, 0.29) is 0 Å². The Bertz CT molecular complexity index is 6090. The van der Waals surface area contributed by atoms with Gasteiger partial charge in [-0.2, -0.15) is 0 Å². The molecule has 0 aliphatic rings. The number of nitrogens with zero attached hydrogens (tertiary/aromatic N) is 4. The number of para-hydroxylation sites is 5. The fourth-order valence-corrected chi connectivity index (χ4v) is 20.0. The Morgan fingerprint density at radius 2 is 0.662 bits per heavy atom. The third-order valence-corrected chi connectivity index (χ3v) is 22.5. The van der Waals surface area contributed by atoms with Crippen LogP contribution in [0.2, 0.25) is 0 Å². The van der Waals surface area contributed by atoms with E-state index in [2.05, 4.69) is 237 Å². The van der Waals surface area contributed by atoms with Crippen LogP contribution in [0.15, 0.2) is 248 Å². The van der Waals surface area contributed by atoms with Gasteiger partial charge in [-0.3, -0.25) is 0 Å². The molecule has 372 valence electrons. The molecule has 0 aliphatic carbocycles. The summed E-state index contributed by atoms with van der Waals surface area (Å²) in [6.07, 6.45) is 0. The summed E-state index contributed by atoms with van der Waals surface area (Å²) in [6.45, 7) is 0. The minimum absolute atomic E-state index is 0.861. The van der Waals surface area contributed by atoms with Crippen molar-refractivity contribution >= 4 is 167 Å². The van der Waals surface area contributed by atoms with Gasteiger partial charge in [0.1, 0.15) is 44.6 Å². The lowest BCUT2D eigenvalue weighted by Gasteiger charge is -2.28. The molecule has 0 spiro atoms. The zero-order valence-electron chi connectivity index (χ0n) is 42.3. The Hall–Kier alpha value is -10.1. The lowest BCUT2D eigenvalue weighted by molar-refractivity contribution is 0.662. The molecule has 8 nitrogen and oxygen atoms in total. The second-order valence-electron chi connectivity index (χ2n) is 21.2. The summed E-state index contributed by atoms with van der Waals surface area (Å²) >= 11 is 0. The average Bonchev–Trinajstić information content (AvgIpc) is 1.46. The lowest BCUT2D eigenvalue weighted by Crippen LogP contribution is -2.07. The van der Waals surface area contributed by atoms with Gasteiger partial charge < -0.3 is 35.9 Å². The van der Waals surface area contributed by atoms with Crippen molar-refractivity contribution in [3.8, 4) is 22.7 Å². The van der Waals surface area contributed by atoms with Crippen molar-refractivity contribution < 1.29 is 17.7 Å². The van der Waals surface area contributed by atoms with Crippen LogP contribution in [0.25, 0.3) is 175 Å². The van der Waals surface area contributed by atoms with Crippen LogP contribution in [0.4, 0.5) is 0 Å². The quantitative estimate of drug-likeness (QED) is 0.130. The Kier molecular flexibility index (Phi) is 7.83. The molecule has 12 aromatic carbocycles. The highest BCUT2D eigenvalue weighted by atomic mass is 31.1. The van der Waals surface area contributed by atoms with Gasteiger partial charge in [-0.1, -0.05) is 124 Å². The van der Waals surface area contributed by atoms with E-state index in [0.29, 0.717) is 0 Å². The number of rotatable bonds is 4. The molecule has 0 aliphatic heterocycles. The van der Waals surface area contributed by atoms with Crippen molar-refractivity contribution in [2.75, 3.05) is 0 Å². The topological polar surface area (TPSA) is 72.3 Å². The predicted octanol–water partition coefficient (Wildman–Crippen LogP) is 21.1. The number of aromatic nitrogens is 4. The summed E-state index contributed by atoms with van der Waals surface area (Å²) in [5, 5.41) is 13.9. The first-order chi connectivity index (χ1) is 39.7. The number of benzene rings is 12. The zero-order chi connectivity index (χ0) is 51.6. The summed E-state index contributed by atoms with van der Waals surface area (Å²) in [6, 6.07) is 83.3. The molecule has 0 bridgehead atoms. The number of hydrogen-bond acceptors (Lipinski definition) is 4. The number of hydrogen-bond donors (Lipinski definition) is 0. The van der Waals surface area contributed by atoms with Gasteiger partial charge in [-0.25, -0.2) is 0 Å². The Balaban J connectivity index is 1.04. The van der Waals surface area contributed by atoms with E-state index in [4.69, 9.17) is 17.7 Å².